The summed E-state index contributed by atoms with van der Waals surface area (Å²) in [5.41, 5.74) is 2.62. The molecule has 5 nitrogen and oxygen atoms in total. The number of fused-ring (bicyclic) bond motifs is 1. The first-order valence-electron chi connectivity index (χ1n) is 7.46. The molecule has 0 spiro atoms. The smallest absolute Gasteiger partial charge is 0.263 e. The van der Waals surface area contributed by atoms with Crippen LogP contribution in [0.15, 0.2) is 75.8 Å². The van der Waals surface area contributed by atoms with Gasteiger partial charge in [-0.05, 0) is 23.4 Å². The van der Waals surface area contributed by atoms with Crippen molar-refractivity contribution in [1.29, 1.82) is 0 Å². The molecule has 1 N–H and O–H groups in total. The highest BCUT2D eigenvalue weighted by molar-refractivity contribution is 7.99. The number of hydrogen-bond acceptors (Lipinski definition) is 4. The number of benzene rings is 2. The number of aromatic amines is 1. The van der Waals surface area contributed by atoms with Gasteiger partial charge in [0.25, 0.3) is 5.56 Å². The quantitative estimate of drug-likeness (QED) is 0.623. The summed E-state index contributed by atoms with van der Waals surface area (Å²) in [6.07, 6.45) is 1.62. The van der Waals surface area contributed by atoms with Crippen molar-refractivity contribution in [2.24, 2.45) is 7.05 Å². The minimum absolute atomic E-state index is 0.124. The number of para-hydroxylation sites is 1. The van der Waals surface area contributed by atoms with E-state index >= 15 is 0 Å². The van der Waals surface area contributed by atoms with E-state index in [0.717, 1.165) is 22.0 Å². The van der Waals surface area contributed by atoms with Crippen molar-refractivity contribution in [3.8, 4) is 11.1 Å². The summed E-state index contributed by atoms with van der Waals surface area (Å²) in [7, 11) is 1.86. The topological polar surface area (TPSA) is 63.6 Å². The number of nitrogens with zero attached hydrogens (tertiary/aromatic N) is 3. The van der Waals surface area contributed by atoms with Gasteiger partial charge in [-0.1, -0.05) is 48.5 Å². The summed E-state index contributed by atoms with van der Waals surface area (Å²) in [6.45, 7) is 0. The number of rotatable bonds is 3. The first-order valence-corrected chi connectivity index (χ1v) is 8.28. The molecule has 0 aliphatic rings. The second kappa shape index (κ2) is 5.98. The number of H-pyrrole nitrogens is 1. The third kappa shape index (κ3) is 2.51. The third-order valence-electron chi connectivity index (χ3n) is 3.80. The van der Waals surface area contributed by atoms with Crippen molar-refractivity contribution in [2.45, 2.75) is 10.1 Å². The summed E-state index contributed by atoms with van der Waals surface area (Å²) in [5, 5.41) is 9.66. The van der Waals surface area contributed by atoms with Crippen LogP contribution < -0.4 is 5.56 Å². The highest BCUT2D eigenvalue weighted by Crippen LogP contribution is 2.36. The van der Waals surface area contributed by atoms with Crippen LogP contribution in [0.3, 0.4) is 0 Å². The first-order chi connectivity index (χ1) is 11.7. The van der Waals surface area contributed by atoms with Gasteiger partial charge in [0.1, 0.15) is 6.33 Å². The molecular formula is C18H14N4OS. The lowest BCUT2D eigenvalue weighted by Crippen LogP contribution is -2.11. The lowest BCUT2D eigenvalue weighted by molar-refractivity contribution is 0.788. The highest BCUT2D eigenvalue weighted by Gasteiger charge is 2.17. The number of hydrogen-bond donors (Lipinski definition) is 1. The number of aromatic nitrogens is 4. The molecule has 118 valence electrons. The maximum atomic E-state index is 12.7. The van der Waals surface area contributed by atoms with E-state index in [0.29, 0.717) is 10.1 Å². The van der Waals surface area contributed by atoms with Crippen molar-refractivity contribution in [3.05, 3.63) is 71.3 Å². The fraction of sp³-hybridized carbons (Fsp3) is 0.0556. The molecule has 0 fully saturated rings. The zero-order valence-corrected chi connectivity index (χ0v) is 13.7. The molecule has 0 radical (unpaired) electrons. The fourth-order valence-electron chi connectivity index (χ4n) is 2.67. The molecule has 0 aliphatic heterocycles. The number of nitrogens with one attached hydrogen (secondary N) is 1. The molecule has 24 heavy (non-hydrogen) atoms. The minimum atomic E-state index is -0.124. The van der Waals surface area contributed by atoms with Crippen molar-refractivity contribution in [3.63, 3.8) is 0 Å². The van der Waals surface area contributed by atoms with Gasteiger partial charge in [0.15, 0.2) is 5.16 Å². The molecule has 0 unspecified atom stereocenters. The Bertz CT molecular complexity index is 1070. The highest BCUT2D eigenvalue weighted by atomic mass is 32.2. The molecule has 0 saturated heterocycles. The Morgan fingerprint density at radius 2 is 1.79 bits per heavy atom. The monoisotopic (exact) mass is 334 g/mol. The average Bonchev–Trinajstić information content (AvgIpc) is 3.01. The van der Waals surface area contributed by atoms with Crippen LogP contribution in [0, 0.1) is 0 Å². The number of pyridine rings is 1. The molecule has 2 heterocycles. The molecule has 4 rings (SSSR count). The van der Waals surface area contributed by atoms with Gasteiger partial charge >= 0.3 is 0 Å². The molecule has 0 aliphatic carbocycles. The normalized spacial score (nSPS) is 11.0. The van der Waals surface area contributed by atoms with E-state index in [2.05, 4.69) is 15.2 Å². The largest absolute Gasteiger partial charge is 0.321 e. The van der Waals surface area contributed by atoms with E-state index in [1.807, 2.05) is 61.6 Å². The Kier molecular flexibility index (Phi) is 3.66. The van der Waals surface area contributed by atoms with E-state index in [1.54, 1.807) is 10.9 Å². The minimum Gasteiger partial charge on any atom is -0.321 e. The molecule has 4 aromatic rings. The van der Waals surface area contributed by atoms with Crippen molar-refractivity contribution in [2.75, 3.05) is 0 Å². The summed E-state index contributed by atoms with van der Waals surface area (Å²) < 4.78 is 1.80. The van der Waals surface area contributed by atoms with Crippen LogP contribution in [0.1, 0.15) is 0 Å². The van der Waals surface area contributed by atoms with Crippen molar-refractivity contribution < 1.29 is 0 Å². The van der Waals surface area contributed by atoms with Gasteiger partial charge in [0, 0.05) is 23.5 Å². The second-order valence-electron chi connectivity index (χ2n) is 5.40. The van der Waals surface area contributed by atoms with Gasteiger partial charge in [0.2, 0.25) is 0 Å². The predicted octanol–water partition coefficient (Wildman–Crippen LogP) is 3.47. The van der Waals surface area contributed by atoms with Gasteiger partial charge in [-0.2, -0.15) is 0 Å². The Balaban J connectivity index is 2.03. The van der Waals surface area contributed by atoms with Crippen LogP contribution >= 0.6 is 11.8 Å². The maximum Gasteiger partial charge on any atom is 0.263 e. The summed E-state index contributed by atoms with van der Waals surface area (Å²) in [5.74, 6) is 0. The molecule has 0 bridgehead atoms. The molecule has 0 atom stereocenters. The van der Waals surface area contributed by atoms with E-state index in [9.17, 15) is 4.79 Å². The molecule has 2 aromatic heterocycles. The zero-order chi connectivity index (χ0) is 16.5. The van der Waals surface area contributed by atoms with Gasteiger partial charge in [-0.15, -0.1) is 10.2 Å². The van der Waals surface area contributed by atoms with Crippen LogP contribution in [0.5, 0.6) is 0 Å². The van der Waals surface area contributed by atoms with Gasteiger partial charge in [0.05, 0.1) is 4.90 Å². The summed E-state index contributed by atoms with van der Waals surface area (Å²) >= 11 is 1.33. The van der Waals surface area contributed by atoms with Crippen LogP contribution in [0.2, 0.25) is 0 Å². The third-order valence-corrected chi connectivity index (χ3v) is 4.95. The molecule has 2 aromatic carbocycles. The lowest BCUT2D eigenvalue weighted by atomic mass is 10.0. The Labute approximate surface area is 142 Å². The van der Waals surface area contributed by atoms with Crippen LogP contribution in [0.25, 0.3) is 22.0 Å². The van der Waals surface area contributed by atoms with Gasteiger partial charge in [-0.25, -0.2) is 0 Å². The Hall–Kier alpha value is -2.86. The van der Waals surface area contributed by atoms with Crippen LogP contribution in [-0.2, 0) is 7.05 Å². The van der Waals surface area contributed by atoms with E-state index in [1.165, 1.54) is 11.8 Å². The van der Waals surface area contributed by atoms with E-state index in [4.69, 9.17) is 0 Å². The average molecular weight is 334 g/mol. The van der Waals surface area contributed by atoms with Gasteiger partial charge in [-0.3, -0.25) is 4.79 Å². The Morgan fingerprint density at radius 1 is 1.04 bits per heavy atom. The van der Waals surface area contributed by atoms with Crippen LogP contribution in [-0.4, -0.2) is 19.7 Å². The SMILES string of the molecule is Cn1cnnc1Sc1c(-c2ccccc2)c2ccccc2[nH]c1=O. The lowest BCUT2D eigenvalue weighted by Gasteiger charge is -2.12. The van der Waals surface area contributed by atoms with Crippen LogP contribution in [0.4, 0.5) is 0 Å². The molecule has 0 saturated carbocycles. The Morgan fingerprint density at radius 3 is 2.54 bits per heavy atom. The molecule has 6 heteroatoms. The standard InChI is InChI=1S/C18H14N4OS/c1-22-11-19-21-18(22)24-16-15(12-7-3-2-4-8-12)13-9-5-6-10-14(13)20-17(16)23/h2-11H,1H3,(H,20,23). The van der Waals surface area contributed by atoms with Crippen molar-refractivity contribution in [1.82, 2.24) is 19.7 Å². The van der Waals surface area contributed by atoms with E-state index < -0.39 is 0 Å². The fourth-order valence-corrected chi connectivity index (χ4v) is 3.61. The maximum absolute atomic E-state index is 12.7. The molecular weight excluding hydrogens is 320 g/mol. The second-order valence-corrected chi connectivity index (χ2v) is 6.37. The predicted molar refractivity (Wildman–Crippen MR) is 95.1 cm³/mol. The van der Waals surface area contributed by atoms with Gasteiger partial charge < -0.3 is 9.55 Å². The number of aryl methyl sites for hydroxylation is 1. The molecule has 0 amide bonds. The van der Waals surface area contributed by atoms with Crippen molar-refractivity contribution >= 4 is 22.7 Å². The van der Waals surface area contributed by atoms with E-state index in [-0.39, 0.29) is 5.56 Å². The summed E-state index contributed by atoms with van der Waals surface area (Å²) in [4.78, 5) is 16.3. The zero-order valence-electron chi connectivity index (χ0n) is 12.9. The summed E-state index contributed by atoms with van der Waals surface area (Å²) in [6, 6.07) is 17.8. The first kappa shape index (κ1) is 14.7.